The van der Waals surface area contributed by atoms with Gasteiger partial charge in [0.1, 0.15) is 0 Å². The zero-order valence-electron chi connectivity index (χ0n) is 2.61. The third-order valence-electron chi connectivity index (χ3n) is 0.106. The van der Waals surface area contributed by atoms with Crippen LogP contribution in [-0.2, 0) is 6.18 Å². The summed E-state index contributed by atoms with van der Waals surface area (Å²) in [5, 5.41) is 7.18. The first-order chi connectivity index (χ1) is 2.56. The topological polar surface area (TPSA) is 87.0 Å². The van der Waals surface area contributed by atoms with Gasteiger partial charge in [0.2, 0.25) is 0 Å². The monoisotopic (exact) mass is 204 g/mol. The summed E-state index contributed by atoms with van der Waals surface area (Å²) in [5.41, 5.74) is 0. The predicted octanol–water partition coefficient (Wildman–Crippen LogP) is -1.67. The second-order valence-corrected chi connectivity index (χ2v) is 3.84. The quantitative estimate of drug-likeness (QED) is 0.270. The molecule has 3 N–H and O–H groups in total. The van der Waals surface area contributed by atoms with Crippen LogP contribution in [0.25, 0.3) is 0 Å². The average Bonchev–Trinajstić information content (AvgIpc) is 1.35. The van der Waals surface area contributed by atoms with Crippen LogP contribution in [0.1, 0.15) is 0 Å². The molecule has 0 fully saturated rings. The van der Waals surface area contributed by atoms with Crippen LogP contribution >= 0.6 is 0 Å². The standard InChI is InChI=1S/H2O2.2H2O.O.Sb/c1-2;;;;/h1-2H;2*1H2;;/q;;;;+3/p-3. The number of hydrogen-bond donors (Lipinski definition) is 3. The molecular formula is H3O5Sb. The Labute approximate surface area is 38.8 Å². The van der Waals surface area contributed by atoms with Crippen LogP contribution in [0.5, 0.6) is 0 Å². The van der Waals surface area contributed by atoms with Gasteiger partial charge >= 0.3 is 38.3 Å². The summed E-state index contributed by atoms with van der Waals surface area (Å²) in [4.78, 5) is 0. The van der Waals surface area contributed by atoms with Gasteiger partial charge in [-0.25, -0.2) is 0 Å². The summed E-state index contributed by atoms with van der Waals surface area (Å²) in [5.74, 6) is 0. The van der Waals surface area contributed by atoms with Crippen LogP contribution in [0.4, 0.5) is 0 Å². The minimum absolute atomic E-state index is 2.69. The van der Waals surface area contributed by atoms with Gasteiger partial charge in [-0.1, -0.05) is 0 Å². The van der Waals surface area contributed by atoms with E-state index in [1.54, 1.807) is 0 Å². The van der Waals surface area contributed by atoms with Crippen molar-refractivity contribution in [2.75, 3.05) is 0 Å². The predicted molar refractivity (Wildman–Crippen MR) is 14.6 cm³/mol. The van der Waals surface area contributed by atoms with Crippen molar-refractivity contribution in [2.24, 2.45) is 0 Å². The Hall–Kier alpha value is 0.458. The van der Waals surface area contributed by atoms with E-state index in [4.69, 9.17) is 12.0 Å². The van der Waals surface area contributed by atoms with Crippen molar-refractivity contribution >= 4 is 20.1 Å². The van der Waals surface area contributed by atoms with Crippen molar-refractivity contribution in [2.45, 2.75) is 0 Å². The SMILES string of the molecule is [O]=[Sb]([OH])([OH])[O]O. The van der Waals surface area contributed by atoms with Gasteiger partial charge in [0.05, 0.1) is 0 Å². The van der Waals surface area contributed by atoms with Gasteiger partial charge < -0.3 is 0 Å². The summed E-state index contributed by atoms with van der Waals surface area (Å²) >= 11 is -5.34. The van der Waals surface area contributed by atoms with Gasteiger partial charge in [0.15, 0.2) is 0 Å². The molecule has 6 heavy (non-hydrogen) atoms. The molecule has 0 bridgehead atoms. The Kier molecular flexibility index (Phi) is 2.10. The van der Waals surface area contributed by atoms with Gasteiger partial charge in [-0.3, -0.25) is 0 Å². The molecule has 0 radical (unpaired) electrons. The molecular weight excluding hydrogens is 202 g/mol. The summed E-state index contributed by atoms with van der Waals surface area (Å²) in [7, 11) is 0. The molecule has 0 aliphatic heterocycles. The molecule has 0 aromatic heterocycles. The molecule has 0 rings (SSSR count). The van der Waals surface area contributed by atoms with Crippen LogP contribution in [-0.4, -0.2) is 32.1 Å². The van der Waals surface area contributed by atoms with E-state index in [1.165, 1.54) is 0 Å². The van der Waals surface area contributed by atoms with Crippen LogP contribution in [0, 0.1) is 0 Å². The maximum atomic E-state index is 9.31. The van der Waals surface area contributed by atoms with E-state index in [9.17, 15) is 3.02 Å². The van der Waals surface area contributed by atoms with Gasteiger partial charge in [-0.2, -0.15) is 0 Å². The second kappa shape index (κ2) is 1.95. The Balaban J connectivity index is 3.48. The van der Waals surface area contributed by atoms with Gasteiger partial charge in [0, 0.05) is 0 Å². The zero-order valence-corrected chi connectivity index (χ0v) is 5.16. The third-order valence-corrected chi connectivity index (χ3v) is 0.714. The first-order valence-electron chi connectivity index (χ1n) is 0.948. The van der Waals surface area contributed by atoms with E-state index in [0.717, 1.165) is 0 Å². The molecule has 0 aliphatic carbocycles. The molecule has 0 unspecified atom stereocenters. The first kappa shape index (κ1) is 6.46. The van der Waals surface area contributed by atoms with Crippen molar-refractivity contribution in [1.29, 1.82) is 0 Å². The summed E-state index contributed by atoms with van der Waals surface area (Å²) in [6.07, 6.45) is 0. The minimum atomic E-state index is -5.34. The van der Waals surface area contributed by atoms with E-state index in [2.05, 4.69) is 3.17 Å². The van der Waals surface area contributed by atoms with Gasteiger partial charge in [-0.05, 0) is 0 Å². The van der Waals surface area contributed by atoms with E-state index >= 15 is 0 Å². The van der Waals surface area contributed by atoms with Gasteiger partial charge in [0.25, 0.3) is 0 Å². The Bertz CT molecular complexity index is 68.0. The molecule has 0 saturated heterocycles. The van der Waals surface area contributed by atoms with Crippen LogP contribution in [0.3, 0.4) is 0 Å². The number of rotatable bonds is 1. The third kappa shape index (κ3) is 4.46. The maximum absolute atomic E-state index is 9.31. The molecule has 0 heterocycles. The molecule has 0 spiro atoms. The number of hydrogen-bond acceptors (Lipinski definition) is 3. The summed E-state index contributed by atoms with van der Waals surface area (Å²) < 4.78 is 27.1. The Morgan fingerprint density at radius 2 is 1.67 bits per heavy atom. The zero-order chi connectivity index (χ0) is 5.21. The molecule has 0 saturated carbocycles. The van der Waals surface area contributed by atoms with Crippen LogP contribution < -0.4 is 0 Å². The fourth-order valence-corrected chi connectivity index (χ4v) is 0. The van der Waals surface area contributed by atoms with E-state index in [1.807, 2.05) is 0 Å². The molecule has 6 heteroatoms. The van der Waals surface area contributed by atoms with Crippen molar-refractivity contribution in [1.82, 2.24) is 0 Å². The second-order valence-electron chi connectivity index (χ2n) is 0.572. The molecule has 0 aromatic rings. The van der Waals surface area contributed by atoms with Crippen molar-refractivity contribution in [3.8, 4) is 0 Å². The average molecular weight is 205 g/mol. The molecule has 0 aliphatic rings. The summed E-state index contributed by atoms with van der Waals surface area (Å²) in [6.45, 7) is 0. The molecule has 5 nitrogen and oxygen atoms in total. The summed E-state index contributed by atoms with van der Waals surface area (Å²) in [6, 6.07) is 0. The first-order valence-corrected chi connectivity index (χ1v) is 5.32. The Morgan fingerprint density at radius 3 is 1.67 bits per heavy atom. The fourth-order valence-electron chi connectivity index (χ4n) is 0. The van der Waals surface area contributed by atoms with Crippen LogP contribution in [0.15, 0.2) is 0 Å². The van der Waals surface area contributed by atoms with Crippen molar-refractivity contribution < 1.29 is 18.2 Å². The molecule has 0 atom stereocenters. The van der Waals surface area contributed by atoms with Gasteiger partial charge in [-0.15, -0.1) is 0 Å². The van der Waals surface area contributed by atoms with Crippen molar-refractivity contribution in [3.63, 3.8) is 0 Å². The van der Waals surface area contributed by atoms with Crippen molar-refractivity contribution in [3.05, 3.63) is 0 Å². The molecule has 0 amide bonds. The van der Waals surface area contributed by atoms with E-state index in [0.29, 0.717) is 0 Å². The molecule has 0 aromatic carbocycles. The Morgan fingerprint density at radius 1 is 1.50 bits per heavy atom. The van der Waals surface area contributed by atoms with E-state index < -0.39 is 20.1 Å². The van der Waals surface area contributed by atoms with Crippen LogP contribution in [0.2, 0.25) is 0 Å². The normalized spacial score (nSPS) is 11.8. The fraction of sp³-hybridized carbons (Fsp3) is 0. The van der Waals surface area contributed by atoms with E-state index in [-0.39, 0.29) is 0 Å². The molecule has 38 valence electrons.